The zero-order valence-electron chi connectivity index (χ0n) is 8.72. The number of aliphatic imine (C=N–C) groups is 1. The summed E-state index contributed by atoms with van der Waals surface area (Å²) >= 11 is 0. The maximum Gasteiger partial charge on any atom is 0.0580 e. The third kappa shape index (κ3) is 1.55. The van der Waals surface area contributed by atoms with Gasteiger partial charge in [0.2, 0.25) is 0 Å². The molecule has 1 fully saturated rings. The van der Waals surface area contributed by atoms with E-state index in [-0.39, 0.29) is 0 Å². The van der Waals surface area contributed by atoms with E-state index >= 15 is 0 Å². The molecule has 2 nitrogen and oxygen atoms in total. The molecule has 0 aromatic rings. The number of hydrogen-bond donors (Lipinski definition) is 1. The first-order valence-electron chi connectivity index (χ1n) is 5.06. The highest BCUT2D eigenvalue weighted by Gasteiger charge is 2.33. The highest BCUT2D eigenvalue weighted by molar-refractivity contribution is 6.03. The highest BCUT2D eigenvalue weighted by Crippen LogP contribution is 2.30. The molecular weight excluding hydrogens is 160 g/mol. The Morgan fingerprint density at radius 2 is 2.23 bits per heavy atom. The van der Waals surface area contributed by atoms with Crippen molar-refractivity contribution in [1.29, 1.82) is 0 Å². The van der Waals surface area contributed by atoms with Crippen molar-refractivity contribution in [2.75, 3.05) is 13.1 Å². The van der Waals surface area contributed by atoms with Gasteiger partial charge in [-0.25, -0.2) is 0 Å². The van der Waals surface area contributed by atoms with Crippen molar-refractivity contribution in [1.82, 2.24) is 5.32 Å². The van der Waals surface area contributed by atoms with Gasteiger partial charge in [0.15, 0.2) is 0 Å². The summed E-state index contributed by atoms with van der Waals surface area (Å²) in [6.45, 7) is 8.84. The van der Waals surface area contributed by atoms with Gasteiger partial charge < -0.3 is 5.32 Å². The first-order chi connectivity index (χ1) is 6.09. The smallest absolute Gasteiger partial charge is 0.0580 e. The number of rotatable bonds is 0. The van der Waals surface area contributed by atoms with Crippen LogP contribution in [0.2, 0.25) is 0 Å². The fourth-order valence-electron chi connectivity index (χ4n) is 2.19. The topological polar surface area (TPSA) is 24.4 Å². The predicted octanol–water partition coefficient (Wildman–Crippen LogP) is 1.78. The summed E-state index contributed by atoms with van der Waals surface area (Å²) < 4.78 is 0. The Hall–Kier alpha value is -0.630. The zero-order chi connectivity index (χ0) is 9.47. The third-order valence-corrected chi connectivity index (χ3v) is 2.81. The van der Waals surface area contributed by atoms with Gasteiger partial charge >= 0.3 is 0 Å². The predicted molar refractivity (Wildman–Crippen MR) is 56.2 cm³/mol. The van der Waals surface area contributed by atoms with Crippen molar-refractivity contribution in [3.8, 4) is 0 Å². The lowest BCUT2D eigenvalue weighted by molar-refractivity contribution is 0.303. The van der Waals surface area contributed by atoms with E-state index in [4.69, 9.17) is 0 Å². The Bertz CT molecular complexity index is 268. The molecule has 1 saturated heterocycles. The van der Waals surface area contributed by atoms with Crippen LogP contribution in [0, 0.1) is 5.41 Å². The molecule has 0 aromatic carbocycles. The van der Waals surface area contributed by atoms with Crippen molar-refractivity contribution in [3.63, 3.8) is 0 Å². The molecule has 13 heavy (non-hydrogen) atoms. The first kappa shape index (κ1) is 8.95. The number of piperidine rings is 1. The first-order valence-corrected chi connectivity index (χ1v) is 5.06. The standard InChI is InChI=1S/C11H18N2/c1-11(2,3)10-8-4-6-12-9(8)5-7-13-10/h4,10,13H,5-7H2,1-3H3. The molecular formula is C11H18N2. The second-order valence-corrected chi connectivity index (χ2v) is 4.95. The van der Waals surface area contributed by atoms with Crippen LogP contribution in [-0.4, -0.2) is 24.8 Å². The quantitative estimate of drug-likeness (QED) is 0.600. The number of fused-ring (bicyclic) bond motifs is 1. The molecule has 1 atom stereocenters. The molecule has 1 N–H and O–H groups in total. The molecule has 2 aliphatic rings. The van der Waals surface area contributed by atoms with Crippen molar-refractivity contribution < 1.29 is 0 Å². The minimum atomic E-state index is 0.303. The molecule has 0 amide bonds. The van der Waals surface area contributed by atoms with Crippen LogP contribution < -0.4 is 5.32 Å². The summed E-state index contributed by atoms with van der Waals surface area (Å²) in [7, 11) is 0. The van der Waals surface area contributed by atoms with E-state index in [1.165, 1.54) is 11.3 Å². The average molecular weight is 178 g/mol. The van der Waals surface area contributed by atoms with Crippen molar-refractivity contribution in [2.24, 2.45) is 10.4 Å². The van der Waals surface area contributed by atoms with Gasteiger partial charge in [0.1, 0.15) is 0 Å². The van der Waals surface area contributed by atoms with E-state index in [0.29, 0.717) is 11.5 Å². The number of hydrogen-bond acceptors (Lipinski definition) is 2. The summed E-state index contributed by atoms with van der Waals surface area (Å²) in [6.07, 6.45) is 3.38. The molecule has 2 aliphatic heterocycles. The lowest BCUT2D eigenvalue weighted by Crippen LogP contribution is -2.47. The van der Waals surface area contributed by atoms with Crippen LogP contribution in [-0.2, 0) is 0 Å². The van der Waals surface area contributed by atoms with Gasteiger partial charge in [0, 0.05) is 24.7 Å². The highest BCUT2D eigenvalue weighted by atomic mass is 15.0. The summed E-state index contributed by atoms with van der Waals surface area (Å²) in [5.74, 6) is 0. The van der Waals surface area contributed by atoms with Gasteiger partial charge in [-0.05, 0) is 11.0 Å². The van der Waals surface area contributed by atoms with E-state index in [0.717, 1.165) is 19.5 Å². The molecule has 0 aromatic heterocycles. The molecule has 2 rings (SSSR count). The molecule has 0 saturated carbocycles. The SMILES string of the molecule is CC(C)(C)C1NCCC2=NCC=C21. The molecule has 0 aliphatic carbocycles. The Morgan fingerprint density at radius 3 is 2.92 bits per heavy atom. The maximum absolute atomic E-state index is 4.51. The van der Waals surface area contributed by atoms with E-state index in [1.54, 1.807) is 0 Å². The molecule has 72 valence electrons. The normalized spacial score (nSPS) is 28.1. The summed E-state index contributed by atoms with van der Waals surface area (Å²) in [5, 5.41) is 3.58. The molecule has 1 unspecified atom stereocenters. The van der Waals surface area contributed by atoms with Gasteiger partial charge in [0.05, 0.1) is 6.54 Å². The number of nitrogens with one attached hydrogen (secondary N) is 1. The summed E-state index contributed by atoms with van der Waals surface area (Å²) in [6, 6.07) is 0.502. The molecule has 2 heterocycles. The lowest BCUT2D eigenvalue weighted by atomic mass is 9.78. The van der Waals surface area contributed by atoms with E-state index in [2.05, 4.69) is 37.2 Å². The van der Waals surface area contributed by atoms with Crippen LogP contribution in [0.15, 0.2) is 16.6 Å². The van der Waals surface area contributed by atoms with Crippen molar-refractivity contribution in [2.45, 2.75) is 33.2 Å². The average Bonchev–Trinajstić information content (AvgIpc) is 2.48. The molecule has 0 radical (unpaired) electrons. The minimum Gasteiger partial charge on any atom is -0.309 e. The van der Waals surface area contributed by atoms with E-state index < -0.39 is 0 Å². The molecule has 0 bridgehead atoms. The molecule has 2 heteroatoms. The Labute approximate surface area is 80.1 Å². The Balaban J connectivity index is 2.25. The van der Waals surface area contributed by atoms with Crippen LogP contribution in [0.4, 0.5) is 0 Å². The summed E-state index contributed by atoms with van der Waals surface area (Å²) in [5.41, 5.74) is 3.11. The van der Waals surface area contributed by atoms with Gasteiger partial charge in [-0.2, -0.15) is 0 Å². The van der Waals surface area contributed by atoms with E-state index in [9.17, 15) is 0 Å². The van der Waals surface area contributed by atoms with Crippen LogP contribution in [0.3, 0.4) is 0 Å². The minimum absolute atomic E-state index is 0.303. The van der Waals surface area contributed by atoms with Crippen LogP contribution >= 0.6 is 0 Å². The second kappa shape index (κ2) is 2.95. The van der Waals surface area contributed by atoms with E-state index in [1.807, 2.05) is 0 Å². The van der Waals surface area contributed by atoms with Crippen molar-refractivity contribution in [3.05, 3.63) is 11.6 Å². The fourth-order valence-corrected chi connectivity index (χ4v) is 2.19. The Kier molecular flexibility index (Phi) is 2.03. The fraction of sp³-hybridized carbons (Fsp3) is 0.727. The van der Waals surface area contributed by atoms with Gasteiger partial charge in [0.25, 0.3) is 0 Å². The van der Waals surface area contributed by atoms with Crippen LogP contribution in [0.1, 0.15) is 27.2 Å². The largest absolute Gasteiger partial charge is 0.309 e. The lowest BCUT2D eigenvalue weighted by Gasteiger charge is -2.36. The maximum atomic E-state index is 4.51. The summed E-state index contributed by atoms with van der Waals surface area (Å²) in [4.78, 5) is 4.51. The second-order valence-electron chi connectivity index (χ2n) is 4.95. The van der Waals surface area contributed by atoms with Gasteiger partial charge in [-0.15, -0.1) is 0 Å². The zero-order valence-corrected chi connectivity index (χ0v) is 8.72. The van der Waals surface area contributed by atoms with Crippen molar-refractivity contribution >= 4 is 5.71 Å². The third-order valence-electron chi connectivity index (χ3n) is 2.81. The monoisotopic (exact) mass is 178 g/mol. The van der Waals surface area contributed by atoms with Gasteiger partial charge in [-0.3, -0.25) is 4.99 Å². The van der Waals surface area contributed by atoms with Crippen LogP contribution in [0.5, 0.6) is 0 Å². The Morgan fingerprint density at radius 1 is 1.46 bits per heavy atom. The number of nitrogens with zero attached hydrogens (tertiary/aromatic N) is 1. The molecule has 0 spiro atoms. The van der Waals surface area contributed by atoms with Crippen LogP contribution in [0.25, 0.3) is 0 Å². The van der Waals surface area contributed by atoms with Gasteiger partial charge in [-0.1, -0.05) is 26.8 Å².